The van der Waals surface area contributed by atoms with Gasteiger partial charge in [-0.15, -0.1) is 11.6 Å². The number of halogens is 3. The van der Waals surface area contributed by atoms with Crippen molar-refractivity contribution in [1.82, 2.24) is 20.2 Å². The molecule has 3 aromatic carbocycles. The lowest BCUT2D eigenvalue weighted by molar-refractivity contribution is -0.189. The molecule has 0 radical (unpaired) electrons. The maximum atomic E-state index is 12.0. The van der Waals surface area contributed by atoms with E-state index in [1.807, 2.05) is 53.2 Å². The third-order valence-electron chi connectivity index (χ3n) is 7.93. The van der Waals surface area contributed by atoms with E-state index in [0.717, 1.165) is 36.8 Å². The number of carbonyl (C=O) groups excluding carboxylic acids is 1. The number of urea groups is 1. The van der Waals surface area contributed by atoms with Crippen LogP contribution in [-0.4, -0.2) is 67.0 Å². The quantitative estimate of drug-likeness (QED) is 0.165. The van der Waals surface area contributed by atoms with Crippen LogP contribution < -0.4 is 25.6 Å². The molecule has 6 rings (SSSR count). The SMILES string of the molecule is O=C(NCCCl)Nc1ccc(N2CCNCC2c2ccc(OCC3COC(Cn4ccnc4)(c4ccc(Cl)cc4Cl)O3)cc2)cc1. The number of amides is 2. The number of alkyl halides is 1. The second-order valence-electron chi connectivity index (χ2n) is 11.1. The van der Waals surface area contributed by atoms with E-state index in [0.29, 0.717) is 47.8 Å². The molecule has 10 nitrogen and oxygen atoms in total. The lowest BCUT2D eigenvalue weighted by atomic mass is 10.0. The highest BCUT2D eigenvalue weighted by molar-refractivity contribution is 6.35. The highest BCUT2D eigenvalue weighted by atomic mass is 35.5. The van der Waals surface area contributed by atoms with Crippen LogP contribution in [0.1, 0.15) is 17.2 Å². The molecule has 46 heavy (non-hydrogen) atoms. The number of rotatable bonds is 11. The van der Waals surface area contributed by atoms with Gasteiger partial charge in [0.2, 0.25) is 5.79 Å². The Hall–Kier alpha value is -3.51. The number of imidazole rings is 1. The van der Waals surface area contributed by atoms with Crippen molar-refractivity contribution >= 4 is 52.2 Å². The number of benzene rings is 3. The molecule has 0 saturated carbocycles. The Morgan fingerprint density at radius 2 is 1.93 bits per heavy atom. The second kappa shape index (κ2) is 14.9. The second-order valence-corrected chi connectivity index (χ2v) is 12.3. The van der Waals surface area contributed by atoms with Crippen molar-refractivity contribution in [2.75, 3.05) is 55.5 Å². The number of nitrogens with zero attached hydrogens (tertiary/aromatic N) is 3. The predicted octanol–water partition coefficient (Wildman–Crippen LogP) is 6.05. The Labute approximate surface area is 282 Å². The fourth-order valence-corrected chi connectivity index (χ4v) is 6.38. The molecule has 4 aromatic rings. The van der Waals surface area contributed by atoms with Gasteiger partial charge in [0.15, 0.2) is 0 Å². The molecule has 0 aliphatic carbocycles. The van der Waals surface area contributed by atoms with Gasteiger partial charge in [0.1, 0.15) is 18.5 Å². The number of hydrogen-bond donors (Lipinski definition) is 3. The van der Waals surface area contributed by atoms with Gasteiger partial charge in [0, 0.05) is 66.4 Å². The molecule has 0 bridgehead atoms. The molecule has 3 heterocycles. The minimum atomic E-state index is -1.11. The molecule has 242 valence electrons. The van der Waals surface area contributed by atoms with Gasteiger partial charge in [-0.25, -0.2) is 9.78 Å². The zero-order valence-electron chi connectivity index (χ0n) is 25.0. The van der Waals surface area contributed by atoms with Crippen LogP contribution in [0.3, 0.4) is 0 Å². The summed E-state index contributed by atoms with van der Waals surface area (Å²) in [4.78, 5) is 18.5. The molecule has 2 aliphatic heterocycles. The van der Waals surface area contributed by atoms with Gasteiger partial charge in [0.25, 0.3) is 0 Å². The molecule has 2 fully saturated rings. The third kappa shape index (κ3) is 7.71. The van der Waals surface area contributed by atoms with E-state index in [1.54, 1.807) is 24.7 Å². The van der Waals surface area contributed by atoms with Gasteiger partial charge >= 0.3 is 6.03 Å². The van der Waals surface area contributed by atoms with E-state index in [1.165, 1.54) is 5.56 Å². The molecule has 1 aromatic heterocycles. The van der Waals surface area contributed by atoms with Gasteiger partial charge in [-0.3, -0.25) is 0 Å². The van der Waals surface area contributed by atoms with Crippen molar-refractivity contribution < 1.29 is 19.0 Å². The monoisotopic (exact) mass is 684 g/mol. The van der Waals surface area contributed by atoms with E-state index in [2.05, 4.69) is 38.0 Å². The van der Waals surface area contributed by atoms with E-state index >= 15 is 0 Å². The van der Waals surface area contributed by atoms with Gasteiger partial charge in [-0.1, -0.05) is 41.4 Å². The third-order valence-corrected chi connectivity index (χ3v) is 8.67. The molecule has 13 heteroatoms. The van der Waals surface area contributed by atoms with Gasteiger partial charge in [0.05, 0.1) is 30.5 Å². The molecule has 2 saturated heterocycles. The summed E-state index contributed by atoms with van der Waals surface area (Å²) >= 11 is 18.4. The standard InChI is InChI=1S/C33H35Cl3N6O4/c34-11-12-39-32(43)40-25-4-6-26(7-5-25)42-16-14-37-18-31(42)23-1-8-27(9-2-23)44-19-28-20-45-33(46-28,21-41-15-13-38-22-41)29-10-3-24(35)17-30(29)36/h1-10,13,15,17,22,28,31,37H,11-12,14,16,18-21H2,(H2,39,40,43). The Morgan fingerprint density at radius 1 is 1.11 bits per heavy atom. The average Bonchev–Trinajstić information content (AvgIpc) is 3.74. The van der Waals surface area contributed by atoms with E-state index in [-0.39, 0.29) is 18.2 Å². The Bertz CT molecular complexity index is 1590. The van der Waals surface area contributed by atoms with Crippen LogP contribution in [0.25, 0.3) is 0 Å². The zero-order chi connectivity index (χ0) is 31.9. The Morgan fingerprint density at radius 3 is 2.67 bits per heavy atom. The smallest absolute Gasteiger partial charge is 0.319 e. The minimum absolute atomic E-state index is 0.133. The number of carbonyl (C=O) groups is 1. The first kappa shape index (κ1) is 32.4. The molecule has 3 atom stereocenters. The lowest BCUT2D eigenvalue weighted by Crippen LogP contribution is -2.46. The van der Waals surface area contributed by atoms with Crippen molar-refractivity contribution in [2.45, 2.75) is 24.5 Å². The minimum Gasteiger partial charge on any atom is -0.491 e. The summed E-state index contributed by atoms with van der Waals surface area (Å²) in [6, 6.07) is 21.2. The Balaban J connectivity index is 1.08. The summed E-state index contributed by atoms with van der Waals surface area (Å²) < 4.78 is 20.9. The number of nitrogens with one attached hydrogen (secondary N) is 3. The summed E-state index contributed by atoms with van der Waals surface area (Å²) in [7, 11) is 0. The van der Waals surface area contributed by atoms with Crippen LogP contribution in [0.4, 0.5) is 16.2 Å². The first-order chi connectivity index (χ1) is 22.4. The fraction of sp³-hybridized carbons (Fsp3) is 0.333. The van der Waals surface area contributed by atoms with Crippen molar-refractivity contribution in [2.24, 2.45) is 0 Å². The van der Waals surface area contributed by atoms with Crippen LogP contribution in [0.2, 0.25) is 10.0 Å². The van der Waals surface area contributed by atoms with E-state index < -0.39 is 5.79 Å². The van der Waals surface area contributed by atoms with Crippen LogP contribution >= 0.6 is 34.8 Å². The Kier molecular flexibility index (Phi) is 10.5. The summed E-state index contributed by atoms with van der Waals surface area (Å²) in [5.41, 5.74) is 3.66. The summed E-state index contributed by atoms with van der Waals surface area (Å²) in [5, 5.41) is 10.0. The van der Waals surface area contributed by atoms with Crippen LogP contribution in [-0.2, 0) is 21.8 Å². The summed E-state index contributed by atoms with van der Waals surface area (Å²) in [5.74, 6) is -0.00654. The number of aromatic nitrogens is 2. The first-order valence-electron chi connectivity index (χ1n) is 15.1. The highest BCUT2D eigenvalue weighted by Crippen LogP contribution is 2.40. The van der Waals surface area contributed by atoms with Crippen molar-refractivity contribution in [3.8, 4) is 5.75 Å². The normalized spacial score (nSPS) is 21.2. The first-order valence-corrected chi connectivity index (χ1v) is 16.4. The number of hydrogen-bond acceptors (Lipinski definition) is 7. The van der Waals surface area contributed by atoms with Crippen LogP contribution in [0.5, 0.6) is 5.75 Å². The van der Waals surface area contributed by atoms with E-state index in [4.69, 9.17) is 49.0 Å². The largest absolute Gasteiger partial charge is 0.491 e. The van der Waals surface area contributed by atoms with Crippen molar-refractivity contribution in [3.05, 3.63) is 107 Å². The predicted molar refractivity (Wildman–Crippen MR) is 180 cm³/mol. The maximum Gasteiger partial charge on any atom is 0.319 e. The van der Waals surface area contributed by atoms with Gasteiger partial charge in [-0.2, -0.15) is 0 Å². The number of piperazine rings is 1. The number of anilines is 2. The van der Waals surface area contributed by atoms with Gasteiger partial charge in [-0.05, 0) is 54.1 Å². The summed E-state index contributed by atoms with van der Waals surface area (Å²) in [6.07, 6.45) is 4.95. The zero-order valence-corrected chi connectivity index (χ0v) is 27.3. The average molecular weight is 686 g/mol. The molecule has 0 spiro atoms. The van der Waals surface area contributed by atoms with Gasteiger partial charge < -0.3 is 39.6 Å². The topological polar surface area (TPSA) is 102 Å². The molecular formula is C33H35Cl3N6O4. The van der Waals surface area contributed by atoms with Crippen molar-refractivity contribution in [1.29, 1.82) is 0 Å². The molecule has 2 aliphatic rings. The highest BCUT2D eigenvalue weighted by Gasteiger charge is 2.45. The maximum absolute atomic E-state index is 12.0. The molecular weight excluding hydrogens is 651 g/mol. The van der Waals surface area contributed by atoms with Crippen LogP contribution in [0.15, 0.2) is 85.5 Å². The van der Waals surface area contributed by atoms with Crippen molar-refractivity contribution in [3.63, 3.8) is 0 Å². The molecule has 3 unspecified atom stereocenters. The number of ether oxygens (including phenoxy) is 3. The molecule has 3 N–H and O–H groups in total. The molecule has 2 amide bonds. The lowest BCUT2D eigenvalue weighted by Gasteiger charge is -2.38. The van der Waals surface area contributed by atoms with E-state index in [9.17, 15) is 4.79 Å². The summed E-state index contributed by atoms with van der Waals surface area (Å²) in [6.45, 7) is 3.95. The fourth-order valence-electron chi connectivity index (χ4n) is 5.73. The van der Waals surface area contributed by atoms with Crippen LogP contribution in [0, 0.1) is 0 Å².